The van der Waals surface area contributed by atoms with Crippen LogP contribution in [0.25, 0.3) is 87.6 Å². The first kappa shape index (κ1) is 38.6. The minimum Gasteiger partial charge on any atom is -1.00 e. The van der Waals surface area contributed by atoms with Gasteiger partial charge in [0.05, 0.1) is 0 Å². The number of fused-ring (bicyclic) bond motifs is 14. The van der Waals surface area contributed by atoms with Gasteiger partial charge in [0.1, 0.15) is 26.2 Å². The molecule has 10 aromatic rings. The molecule has 1 nitrogen and oxygen atoms in total. The summed E-state index contributed by atoms with van der Waals surface area (Å²) in [6, 6.07) is 65.5. The Morgan fingerprint density at radius 3 is 1.05 bits per heavy atom. The molecule has 2 aliphatic rings. The Kier molecular flexibility index (Phi) is 9.12. The van der Waals surface area contributed by atoms with Gasteiger partial charge in [0.2, 0.25) is 0 Å². The van der Waals surface area contributed by atoms with E-state index in [-0.39, 0.29) is 17.0 Å². The second-order valence-corrected chi connectivity index (χ2v) is 18.4. The van der Waals surface area contributed by atoms with Crippen LogP contribution in [0.15, 0.2) is 170 Å². The lowest BCUT2D eigenvalue weighted by Gasteiger charge is -2.39. The second kappa shape index (κ2) is 14.7. The van der Waals surface area contributed by atoms with E-state index in [1.165, 1.54) is 132 Å². The molecule has 0 radical (unpaired) electrons. The third-order valence-corrected chi connectivity index (χ3v) is 13.9. The van der Waals surface area contributed by atoms with E-state index in [1.54, 1.807) is 0 Å². The third kappa shape index (κ3) is 6.15. The van der Waals surface area contributed by atoms with Crippen LogP contribution in [0.3, 0.4) is 0 Å². The predicted molar refractivity (Wildman–Crippen MR) is 259 cm³/mol. The van der Waals surface area contributed by atoms with Gasteiger partial charge in [0, 0.05) is 33.4 Å². The average Bonchev–Trinajstić information content (AvgIpc) is 3.50. The van der Waals surface area contributed by atoms with Gasteiger partial charge in [-0.25, -0.2) is 0 Å². The first-order chi connectivity index (χ1) is 29.8. The summed E-state index contributed by atoms with van der Waals surface area (Å²) < 4.78 is 0.878. The fourth-order valence-electron chi connectivity index (χ4n) is 11.7. The van der Waals surface area contributed by atoms with Gasteiger partial charge < -0.3 is 21.5 Å². The molecule has 62 heavy (non-hydrogen) atoms. The van der Waals surface area contributed by atoms with Gasteiger partial charge in [0.25, 0.3) is 0 Å². The summed E-state index contributed by atoms with van der Waals surface area (Å²) in [6.07, 6.45) is 0. The van der Waals surface area contributed by atoms with Crippen LogP contribution in [0.1, 0.15) is 44.5 Å². The molecule has 0 aliphatic carbocycles. The summed E-state index contributed by atoms with van der Waals surface area (Å²) in [4.78, 5) is 0. The van der Waals surface area contributed by atoms with E-state index in [4.69, 9.17) is 0 Å². The number of halogens is 1. The Bertz CT molecular complexity index is 3210. The highest BCUT2D eigenvalue weighted by molar-refractivity contribution is 6.12. The number of hydrogen-bond donors (Lipinski definition) is 0. The molecule has 0 fully saturated rings. The van der Waals surface area contributed by atoms with Crippen molar-refractivity contribution in [2.24, 2.45) is 0 Å². The summed E-state index contributed by atoms with van der Waals surface area (Å²) in [6.45, 7) is 12.6. The van der Waals surface area contributed by atoms with Crippen LogP contribution in [0.2, 0.25) is 0 Å². The molecule has 2 aliphatic heterocycles. The van der Waals surface area contributed by atoms with Gasteiger partial charge in [-0.15, -0.1) is 0 Å². The van der Waals surface area contributed by atoms with Crippen molar-refractivity contribution in [2.45, 2.75) is 53.9 Å². The molecule has 0 N–H and O–H groups in total. The van der Waals surface area contributed by atoms with E-state index < -0.39 is 0 Å². The lowest BCUT2D eigenvalue weighted by Crippen LogP contribution is -3.00. The Morgan fingerprint density at radius 1 is 0.323 bits per heavy atom. The van der Waals surface area contributed by atoms with Crippen molar-refractivity contribution in [1.29, 1.82) is 0 Å². The standard InChI is InChI=1S/C60H48N.BrH/c1-37-25-38(2)28-47(27-37)53-31-43-15-7-11-19-51(43)59-55(53)35-61(36-56-54(48-29-39(3)26-40(4)30-48)32-44-16-8-12-20-52(44)60(56)59)33-45-23-21-41-13-5-9-17-49(41)57(45)58-46(34-61)24-22-42-14-6-10-18-50(42)58;/h5-32H,33-36H2,1-4H3;1H/q+1;/p-1. The SMILES string of the molecule is Cc1cc(C)cc(-c2cc3ccccc3c3c2C[N+]2(Cc4ccc5ccccc5c4-c4c(ccc5ccccc45)C2)Cc2c(-c4cc(C)cc(C)c4)cc4ccccc4c2-3)c1.[Br-]. The van der Waals surface area contributed by atoms with E-state index >= 15 is 0 Å². The smallest absolute Gasteiger partial charge is 0.106 e. The molecule has 1 spiro atoms. The molecule has 0 unspecified atom stereocenters. The van der Waals surface area contributed by atoms with Gasteiger partial charge >= 0.3 is 0 Å². The summed E-state index contributed by atoms with van der Waals surface area (Å²) in [5, 5.41) is 10.5. The molecular formula is C60H48BrN. The molecule has 0 amide bonds. The van der Waals surface area contributed by atoms with Crippen LogP contribution in [0.4, 0.5) is 0 Å². The average molecular weight is 863 g/mol. The molecule has 12 rings (SSSR count). The van der Waals surface area contributed by atoms with Gasteiger partial charge in [-0.3, -0.25) is 0 Å². The first-order valence-electron chi connectivity index (χ1n) is 21.9. The predicted octanol–water partition coefficient (Wildman–Crippen LogP) is 12.7. The van der Waals surface area contributed by atoms with Crippen molar-refractivity contribution < 1.29 is 21.5 Å². The first-order valence-corrected chi connectivity index (χ1v) is 21.9. The number of rotatable bonds is 2. The fraction of sp³-hybridized carbons (Fsp3) is 0.133. The summed E-state index contributed by atoms with van der Waals surface area (Å²) in [5.41, 5.74) is 21.9. The summed E-state index contributed by atoms with van der Waals surface area (Å²) in [7, 11) is 0. The van der Waals surface area contributed by atoms with Gasteiger partial charge in [-0.2, -0.15) is 0 Å². The van der Waals surface area contributed by atoms with E-state index in [0.717, 1.165) is 30.7 Å². The maximum atomic E-state index is 2.51. The second-order valence-electron chi connectivity index (χ2n) is 18.4. The molecular weight excluding hydrogens is 815 g/mol. The number of nitrogens with zero attached hydrogens (tertiary/aromatic N) is 1. The van der Waals surface area contributed by atoms with E-state index in [2.05, 4.69) is 198 Å². The zero-order valence-corrected chi connectivity index (χ0v) is 37.4. The van der Waals surface area contributed by atoms with E-state index in [1.807, 2.05) is 0 Å². The maximum absolute atomic E-state index is 2.51. The van der Waals surface area contributed by atoms with E-state index in [9.17, 15) is 0 Å². The van der Waals surface area contributed by atoms with Crippen LogP contribution < -0.4 is 17.0 Å². The highest BCUT2D eigenvalue weighted by atomic mass is 79.9. The molecule has 0 aromatic heterocycles. The van der Waals surface area contributed by atoms with Crippen molar-refractivity contribution in [3.8, 4) is 44.5 Å². The zero-order valence-electron chi connectivity index (χ0n) is 35.8. The molecule has 0 atom stereocenters. The molecule has 10 aromatic carbocycles. The Balaban J connectivity index is 0.00000432. The number of benzene rings is 10. The molecule has 0 bridgehead atoms. The van der Waals surface area contributed by atoms with Crippen molar-refractivity contribution in [1.82, 2.24) is 0 Å². The van der Waals surface area contributed by atoms with Crippen molar-refractivity contribution in [3.63, 3.8) is 0 Å². The van der Waals surface area contributed by atoms with Crippen LogP contribution in [0.5, 0.6) is 0 Å². The number of aryl methyl sites for hydroxylation is 4. The molecule has 300 valence electrons. The highest BCUT2D eigenvalue weighted by Gasteiger charge is 2.41. The molecule has 0 saturated carbocycles. The Hall–Kier alpha value is -6.32. The largest absolute Gasteiger partial charge is 1.00 e. The van der Waals surface area contributed by atoms with Gasteiger partial charge in [-0.1, -0.05) is 180 Å². The highest BCUT2D eigenvalue weighted by Crippen LogP contribution is 2.53. The maximum Gasteiger partial charge on any atom is 0.106 e. The van der Waals surface area contributed by atoms with Crippen LogP contribution >= 0.6 is 0 Å². The van der Waals surface area contributed by atoms with Gasteiger partial charge in [0.15, 0.2) is 0 Å². The molecule has 2 heterocycles. The lowest BCUT2D eigenvalue weighted by molar-refractivity contribution is -0.977. The van der Waals surface area contributed by atoms with Crippen LogP contribution in [-0.2, 0) is 26.2 Å². The summed E-state index contributed by atoms with van der Waals surface area (Å²) in [5.74, 6) is 0. The number of hydrogen-bond acceptors (Lipinski definition) is 0. The normalized spacial score (nSPS) is 13.9. The van der Waals surface area contributed by atoms with E-state index in [0.29, 0.717) is 0 Å². The zero-order chi connectivity index (χ0) is 41.0. The van der Waals surface area contributed by atoms with Crippen molar-refractivity contribution >= 4 is 43.1 Å². The quantitative estimate of drug-likeness (QED) is 0.152. The Labute approximate surface area is 375 Å². The van der Waals surface area contributed by atoms with Crippen molar-refractivity contribution in [2.75, 3.05) is 0 Å². The fourth-order valence-corrected chi connectivity index (χ4v) is 11.7. The number of quaternary nitrogens is 1. The topological polar surface area (TPSA) is 0 Å². The van der Waals surface area contributed by atoms with Crippen LogP contribution in [-0.4, -0.2) is 4.48 Å². The Morgan fingerprint density at radius 2 is 0.661 bits per heavy atom. The molecule has 0 saturated heterocycles. The van der Waals surface area contributed by atoms with Gasteiger partial charge in [-0.05, 0) is 116 Å². The van der Waals surface area contributed by atoms with Crippen molar-refractivity contribution in [3.05, 3.63) is 214 Å². The summed E-state index contributed by atoms with van der Waals surface area (Å²) >= 11 is 0. The minimum atomic E-state index is 0. The molecule has 2 heteroatoms. The minimum absolute atomic E-state index is 0. The third-order valence-electron chi connectivity index (χ3n) is 13.9. The van der Waals surface area contributed by atoms with Crippen LogP contribution in [0, 0.1) is 27.7 Å². The lowest BCUT2D eigenvalue weighted by atomic mass is 9.81. The monoisotopic (exact) mass is 861 g/mol.